The molecule has 0 bridgehead atoms. The van der Waals surface area contributed by atoms with E-state index in [1.807, 2.05) is 24.3 Å². The molecule has 3 aromatic heterocycles. The maximum atomic E-state index is 6.48. The minimum Gasteiger partial charge on any atom is -0.455 e. The Hall–Kier alpha value is -9.38. The van der Waals surface area contributed by atoms with Crippen LogP contribution in [0.3, 0.4) is 0 Å². The normalized spacial score (nSPS) is 12.9. The topological polar surface area (TPSA) is 34.5 Å². The molecular formula is C69H46N2O2. The Bertz CT molecular complexity index is 4340. The molecule has 4 nitrogen and oxygen atoms in total. The summed E-state index contributed by atoms with van der Waals surface area (Å²) in [6.07, 6.45) is 0. The van der Waals surface area contributed by atoms with Gasteiger partial charge in [-0.3, -0.25) is 0 Å². The Labute approximate surface area is 422 Å². The van der Waals surface area contributed by atoms with Crippen LogP contribution in [0.25, 0.3) is 116 Å². The number of fused-ring (bicyclic) bond motifs is 12. The van der Waals surface area contributed by atoms with E-state index in [2.05, 4.69) is 242 Å². The zero-order chi connectivity index (χ0) is 48.4. The van der Waals surface area contributed by atoms with E-state index < -0.39 is 0 Å². The second-order valence-electron chi connectivity index (χ2n) is 20.0. The van der Waals surface area contributed by atoms with Crippen molar-refractivity contribution in [3.8, 4) is 50.2 Å². The number of anilines is 3. The van der Waals surface area contributed by atoms with Crippen LogP contribution < -0.4 is 4.90 Å². The third-order valence-electron chi connectivity index (χ3n) is 15.6. The van der Waals surface area contributed by atoms with Crippen molar-refractivity contribution in [2.24, 2.45) is 0 Å². The average Bonchev–Trinajstić information content (AvgIpc) is 4.20. The van der Waals surface area contributed by atoms with Crippen LogP contribution in [0, 0.1) is 0 Å². The lowest BCUT2D eigenvalue weighted by atomic mass is 9.82. The molecule has 14 aromatic rings. The number of hydrogen-bond acceptors (Lipinski definition) is 3. The second-order valence-corrected chi connectivity index (χ2v) is 20.0. The van der Waals surface area contributed by atoms with Crippen LogP contribution >= 0.6 is 0 Å². The van der Waals surface area contributed by atoms with Crippen molar-refractivity contribution in [1.29, 1.82) is 0 Å². The number of para-hydroxylation sites is 5. The molecule has 1 aliphatic carbocycles. The predicted octanol–water partition coefficient (Wildman–Crippen LogP) is 19.4. The van der Waals surface area contributed by atoms with Gasteiger partial charge in [-0.1, -0.05) is 172 Å². The Kier molecular flexibility index (Phi) is 8.97. The summed E-state index contributed by atoms with van der Waals surface area (Å²) in [5.74, 6) is 0. The van der Waals surface area contributed by atoms with E-state index in [0.717, 1.165) is 94.4 Å². The van der Waals surface area contributed by atoms with E-state index in [1.165, 1.54) is 49.6 Å². The lowest BCUT2D eigenvalue weighted by molar-refractivity contribution is 0.661. The fourth-order valence-electron chi connectivity index (χ4n) is 12.0. The zero-order valence-electron chi connectivity index (χ0n) is 40.3. The van der Waals surface area contributed by atoms with Gasteiger partial charge in [0.1, 0.15) is 22.3 Å². The zero-order valence-corrected chi connectivity index (χ0v) is 40.3. The van der Waals surface area contributed by atoms with E-state index in [-0.39, 0.29) is 5.41 Å². The largest absolute Gasteiger partial charge is 0.455 e. The van der Waals surface area contributed by atoms with Crippen molar-refractivity contribution in [3.05, 3.63) is 254 Å². The number of benzene rings is 11. The molecule has 0 unspecified atom stereocenters. The molecule has 4 heteroatoms. The summed E-state index contributed by atoms with van der Waals surface area (Å²) in [4.78, 5) is 2.34. The van der Waals surface area contributed by atoms with Crippen LogP contribution in [0.2, 0.25) is 0 Å². The van der Waals surface area contributed by atoms with Crippen molar-refractivity contribution in [2.45, 2.75) is 19.3 Å². The van der Waals surface area contributed by atoms with Gasteiger partial charge in [0, 0.05) is 71.6 Å². The summed E-state index contributed by atoms with van der Waals surface area (Å²) in [6.45, 7) is 4.72. The van der Waals surface area contributed by atoms with Crippen molar-refractivity contribution in [1.82, 2.24) is 4.57 Å². The van der Waals surface area contributed by atoms with Gasteiger partial charge in [0.25, 0.3) is 0 Å². The number of furan rings is 2. The van der Waals surface area contributed by atoms with E-state index in [4.69, 9.17) is 8.83 Å². The van der Waals surface area contributed by atoms with Gasteiger partial charge in [-0.05, 0) is 129 Å². The number of rotatable bonds is 7. The Morgan fingerprint density at radius 1 is 0.329 bits per heavy atom. The van der Waals surface area contributed by atoms with Gasteiger partial charge in [0.05, 0.1) is 11.0 Å². The fourth-order valence-corrected chi connectivity index (χ4v) is 12.0. The van der Waals surface area contributed by atoms with Crippen molar-refractivity contribution < 1.29 is 8.83 Å². The molecule has 0 spiro atoms. The number of nitrogens with zero attached hydrogens (tertiary/aromatic N) is 2. The molecule has 0 saturated carbocycles. The molecule has 3 heterocycles. The highest BCUT2D eigenvalue weighted by Gasteiger charge is 2.36. The molecule has 0 amide bonds. The van der Waals surface area contributed by atoms with Gasteiger partial charge in [-0.2, -0.15) is 0 Å². The van der Waals surface area contributed by atoms with Gasteiger partial charge >= 0.3 is 0 Å². The molecule has 11 aromatic carbocycles. The molecule has 73 heavy (non-hydrogen) atoms. The van der Waals surface area contributed by atoms with Crippen LogP contribution in [0.1, 0.15) is 25.0 Å². The summed E-state index contributed by atoms with van der Waals surface area (Å²) in [7, 11) is 0. The molecule has 15 rings (SSSR count). The van der Waals surface area contributed by atoms with Gasteiger partial charge < -0.3 is 18.3 Å². The molecule has 0 radical (unpaired) electrons. The first-order chi connectivity index (χ1) is 35.9. The van der Waals surface area contributed by atoms with Crippen molar-refractivity contribution in [2.75, 3.05) is 4.90 Å². The first-order valence-electron chi connectivity index (χ1n) is 25.1. The maximum Gasteiger partial charge on any atom is 0.143 e. The lowest BCUT2D eigenvalue weighted by Crippen LogP contribution is -2.14. The highest BCUT2D eigenvalue weighted by atomic mass is 16.3. The summed E-state index contributed by atoms with van der Waals surface area (Å²) in [5, 5.41) is 7.00. The van der Waals surface area contributed by atoms with Gasteiger partial charge in [-0.15, -0.1) is 0 Å². The average molecular weight is 935 g/mol. The van der Waals surface area contributed by atoms with E-state index in [1.54, 1.807) is 0 Å². The van der Waals surface area contributed by atoms with Crippen molar-refractivity contribution in [3.63, 3.8) is 0 Å². The first kappa shape index (κ1) is 41.4. The summed E-state index contributed by atoms with van der Waals surface area (Å²) in [5.41, 5.74) is 22.3. The first-order valence-corrected chi connectivity index (χ1v) is 25.1. The monoisotopic (exact) mass is 934 g/mol. The SMILES string of the molecule is CC1(C)c2ccccc2-c2cc3c4cc(-c5ccc(N(c6ccc(-c7cccc8c7oc7ccccc78)cc6)c6ccc(-c7cccc8c7oc7ccccc78)cc6)cc5)ccc4n(-c4ccccc4)c3cc21. The predicted molar refractivity (Wildman–Crippen MR) is 304 cm³/mol. The van der Waals surface area contributed by atoms with E-state index in [9.17, 15) is 0 Å². The quantitative estimate of drug-likeness (QED) is 0.160. The van der Waals surface area contributed by atoms with Crippen LogP contribution in [0.5, 0.6) is 0 Å². The van der Waals surface area contributed by atoms with Crippen LogP contribution in [0.4, 0.5) is 17.1 Å². The highest BCUT2D eigenvalue weighted by Crippen LogP contribution is 2.51. The number of aromatic nitrogens is 1. The molecule has 344 valence electrons. The third kappa shape index (κ3) is 6.33. The highest BCUT2D eigenvalue weighted by molar-refractivity contribution is 6.14. The maximum absolute atomic E-state index is 6.48. The molecule has 0 fully saturated rings. The molecule has 0 aliphatic heterocycles. The van der Waals surface area contributed by atoms with Gasteiger partial charge in [-0.25, -0.2) is 0 Å². The Morgan fingerprint density at radius 2 is 0.808 bits per heavy atom. The minimum atomic E-state index is -0.100. The summed E-state index contributed by atoms with van der Waals surface area (Å²) < 4.78 is 15.4. The molecule has 1 aliphatic rings. The number of hydrogen-bond donors (Lipinski definition) is 0. The van der Waals surface area contributed by atoms with Crippen LogP contribution in [-0.2, 0) is 5.41 Å². The summed E-state index contributed by atoms with van der Waals surface area (Å²) in [6, 6.07) is 87.8. The van der Waals surface area contributed by atoms with Crippen molar-refractivity contribution >= 4 is 82.7 Å². The Morgan fingerprint density at radius 3 is 1.41 bits per heavy atom. The smallest absolute Gasteiger partial charge is 0.143 e. The fraction of sp³-hybridized carbons (Fsp3) is 0.0435. The molecular weight excluding hydrogens is 889 g/mol. The molecule has 0 atom stereocenters. The third-order valence-corrected chi connectivity index (χ3v) is 15.6. The van der Waals surface area contributed by atoms with Crippen LogP contribution in [-0.4, -0.2) is 4.57 Å². The van der Waals surface area contributed by atoms with Crippen LogP contribution in [0.15, 0.2) is 251 Å². The standard InChI is InChI=1S/C69H46N2O2/c1-69(2)61-23-9-6-16-53(61)58-41-60-59-40-46(32-39-63(59)71(64(60)42-62(58)69)47-14-4-3-5-15-47)43-26-33-48(34-27-43)70(49-35-28-44(29-36-49)51-19-12-21-56-54-17-7-10-24-65(54)72-67(51)56)50-37-30-45(31-38-50)52-20-13-22-57-55-18-8-11-25-66(55)73-68(52)57/h3-42H,1-2H3. The minimum absolute atomic E-state index is 0.100. The lowest BCUT2D eigenvalue weighted by Gasteiger charge is -2.26. The summed E-state index contributed by atoms with van der Waals surface area (Å²) >= 11 is 0. The van der Waals surface area contributed by atoms with E-state index >= 15 is 0 Å². The van der Waals surface area contributed by atoms with Gasteiger partial charge in [0.2, 0.25) is 0 Å². The molecule has 0 saturated heterocycles. The Balaban J connectivity index is 0.840. The van der Waals surface area contributed by atoms with Gasteiger partial charge in [0.15, 0.2) is 0 Å². The van der Waals surface area contributed by atoms with E-state index in [0.29, 0.717) is 0 Å². The molecule has 0 N–H and O–H groups in total. The second kappa shape index (κ2) is 15.8.